The summed E-state index contributed by atoms with van der Waals surface area (Å²) in [7, 11) is 0. The molecule has 56 heavy (non-hydrogen) atoms. The summed E-state index contributed by atoms with van der Waals surface area (Å²) in [6.45, 7) is 0. The summed E-state index contributed by atoms with van der Waals surface area (Å²) < 4.78 is 75.6. The van der Waals surface area contributed by atoms with E-state index >= 15 is 8.78 Å². The van der Waals surface area contributed by atoms with Crippen LogP contribution in [0.15, 0.2) is 140 Å². The molecule has 0 fully saturated rings. The molecule has 0 saturated heterocycles. The monoisotopic (exact) mass is 735 g/mol. The number of benzene rings is 10. The molecule has 0 amide bonds. The lowest BCUT2D eigenvalue weighted by atomic mass is 9.85. The van der Waals surface area contributed by atoms with Crippen molar-refractivity contribution in [2.24, 2.45) is 0 Å². The maximum atomic E-state index is 15.7. The van der Waals surface area contributed by atoms with Crippen molar-refractivity contribution in [2.45, 2.75) is 12.5 Å². The van der Waals surface area contributed by atoms with E-state index < -0.39 is 40.8 Å². The van der Waals surface area contributed by atoms with Gasteiger partial charge in [0.2, 0.25) is 5.82 Å². The summed E-state index contributed by atoms with van der Waals surface area (Å²) in [6, 6.07) is 42.9. The second-order valence-corrected chi connectivity index (χ2v) is 15.0. The molecule has 6 heteroatoms. The highest BCUT2D eigenvalue weighted by molar-refractivity contribution is 6.26. The molecule has 0 bridgehead atoms. The molecule has 0 spiro atoms. The molecule has 0 saturated carbocycles. The van der Waals surface area contributed by atoms with E-state index in [-0.39, 0.29) is 6.42 Å². The highest BCUT2D eigenvalue weighted by Gasteiger charge is 2.41. The molecule has 1 unspecified atom stereocenters. The van der Waals surface area contributed by atoms with Gasteiger partial charge in [-0.25, -0.2) is 22.0 Å². The first kappa shape index (κ1) is 31.5. The third-order valence-electron chi connectivity index (χ3n) is 12.2. The van der Waals surface area contributed by atoms with Crippen LogP contribution in [0.1, 0.15) is 17.5 Å². The quantitative estimate of drug-likeness (QED) is 0.0756. The van der Waals surface area contributed by atoms with Crippen molar-refractivity contribution in [3.8, 4) is 11.1 Å². The number of hydrogen-bond acceptors (Lipinski definition) is 1. The summed E-state index contributed by atoms with van der Waals surface area (Å²) >= 11 is 0. The maximum absolute atomic E-state index is 15.7. The summed E-state index contributed by atoms with van der Waals surface area (Å²) in [4.78, 5) is 1.29. The average molecular weight is 736 g/mol. The summed E-state index contributed by atoms with van der Waals surface area (Å²) in [5.41, 5.74) is 4.61. The number of fused-ring (bicyclic) bond motifs is 3. The molecule has 0 N–H and O–H groups in total. The predicted molar refractivity (Wildman–Crippen MR) is 218 cm³/mol. The van der Waals surface area contributed by atoms with Gasteiger partial charge in [0.25, 0.3) is 0 Å². The first-order chi connectivity index (χ1) is 27.4. The van der Waals surface area contributed by atoms with E-state index in [1.54, 1.807) is 6.07 Å². The fourth-order valence-electron chi connectivity index (χ4n) is 9.75. The van der Waals surface area contributed by atoms with Gasteiger partial charge in [-0.1, -0.05) is 121 Å². The standard InChI is InChI=1S/C50H26F5N/c51-45-46(52)48(54)50(49(55)47(45)53)56-39-21-15-31(33-17-11-29-9-7-25-3-1-5-27-13-19-35(33)43(29)41(25)27)23-37(39)38-24-32(16-22-40(38)56)34-18-12-30-10-8-26-4-2-6-28-14-20-36(34)44(30)42(26)28/h1-21,23-24,40H,22H2. The summed E-state index contributed by atoms with van der Waals surface area (Å²) in [5.74, 6) is -9.83. The van der Waals surface area contributed by atoms with Crippen molar-refractivity contribution >= 4 is 87.2 Å². The summed E-state index contributed by atoms with van der Waals surface area (Å²) in [5, 5.41) is 13.6. The Labute approximate surface area is 316 Å². The van der Waals surface area contributed by atoms with Gasteiger partial charge in [0.15, 0.2) is 23.3 Å². The number of rotatable bonds is 3. The molecular weight excluding hydrogens is 710 g/mol. The fraction of sp³-hybridized carbons (Fsp3) is 0.0400. The van der Waals surface area contributed by atoms with Crippen LogP contribution in [0.4, 0.5) is 33.3 Å². The van der Waals surface area contributed by atoms with Gasteiger partial charge in [0.05, 0.1) is 6.04 Å². The molecule has 12 rings (SSSR count). The smallest absolute Gasteiger partial charge is 0.200 e. The van der Waals surface area contributed by atoms with Crippen LogP contribution >= 0.6 is 0 Å². The number of hydrogen-bond donors (Lipinski definition) is 0. The summed E-state index contributed by atoms with van der Waals surface area (Å²) in [6.07, 6.45) is 4.30. The van der Waals surface area contributed by atoms with Gasteiger partial charge in [-0.15, -0.1) is 0 Å². The molecule has 266 valence electrons. The number of allylic oxidation sites excluding steroid dienone is 2. The molecule has 0 aromatic heterocycles. The van der Waals surface area contributed by atoms with E-state index in [0.717, 1.165) is 81.7 Å². The van der Waals surface area contributed by atoms with Crippen molar-refractivity contribution in [3.05, 3.63) is 180 Å². The molecule has 10 aromatic carbocycles. The van der Waals surface area contributed by atoms with Crippen LogP contribution in [0.25, 0.3) is 86.9 Å². The second-order valence-electron chi connectivity index (χ2n) is 15.0. The van der Waals surface area contributed by atoms with Crippen molar-refractivity contribution in [3.63, 3.8) is 0 Å². The third-order valence-corrected chi connectivity index (χ3v) is 12.2. The van der Waals surface area contributed by atoms with Crippen LogP contribution in [0.3, 0.4) is 0 Å². The first-order valence-corrected chi connectivity index (χ1v) is 18.6. The Balaban J connectivity index is 1.09. The first-order valence-electron chi connectivity index (χ1n) is 18.6. The maximum Gasteiger partial charge on any atom is 0.200 e. The third kappa shape index (κ3) is 4.08. The molecule has 1 nitrogen and oxygen atoms in total. The van der Waals surface area contributed by atoms with E-state index in [1.165, 1.54) is 15.7 Å². The molecule has 1 aliphatic heterocycles. The highest BCUT2D eigenvalue weighted by atomic mass is 19.2. The van der Waals surface area contributed by atoms with Crippen molar-refractivity contribution in [1.82, 2.24) is 0 Å². The van der Waals surface area contributed by atoms with Crippen molar-refractivity contribution in [2.75, 3.05) is 4.90 Å². The zero-order valence-corrected chi connectivity index (χ0v) is 29.4. The molecular formula is C50H26F5N. The molecule has 0 radical (unpaired) electrons. The molecule has 2 aliphatic rings. The van der Waals surface area contributed by atoms with Gasteiger partial charge in [0.1, 0.15) is 5.69 Å². The Bertz CT molecular complexity index is 3350. The van der Waals surface area contributed by atoms with Crippen LogP contribution in [-0.2, 0) is 0 Å². The lowest BCUT2D eigenvalue weighted by Gasteiger charge is -2.30. The Hall–Kier alpha value is -6.79. The number of nitrogens with zero attached hydrogens (tertiary/aromatic N) is 1. The van der Waals surface area contributed by atoms with Gasteiger partial charge >= 0.3 is 0 Å². The minimum atomic E-state index is -2.18. The van der Waals surface area contributed by atoms with Crippen LogP contribution in [0.2, 0.25) is 0 Å². The minimum absolute atomic E-state index is 0.269. The van der Waals surface area contributed by atoms with Crippen LogP contribution < -0.4 is 4.90 Å². The predicted octanol–water partition coefficient (Wildman–Crippen LogP) is 14.2. The Morgan fingerprint density at radius 3 is 1.52 bits per heavy atom. The van der Waals surface area contributed by atoms with E-state index in [9.17, 15) is 13.2 Å². The van der Waals surface area contributed by atoms with Gasteiger partial charge in [0, 0.05) is 11.3 Å². The zero-order chi connectivity index (χ0) is 37.6. The largest absolute Gasteiger partial charge is 0.328 e. The van der Waals surface area contributed by atoms with E-state index in [2.05, 4.69) is 109 Å². The van der Waals surface area contributed by atoms with Gasteiger partial charge in [-0.2, -0.15) is 0 Å². The molecule has 1 aliphatic carbocycles. The SMILES string of the molecule is Fc1c(F)c(F)c(N2c3ccc(-c4ccc5ccc6cccc7ccc4c5c67)cc3C3=CC(c4ccc5ccc6cccc7ccc4c5c67)=CCC32)c(F)c1F. The average Bonchev–Trinajstić information content (AvgIpc) is 3.55. The Morgan fingerprint density at radius 2 is 0.929 bits per heavy atom. The fourth-order valence-corrected chi connectivity index (χ4v) is 9.75. The minimum Gasteiger partial charge on any atom is -0.328 e. The number of halogens is 5. The van der Waals surface area contributed by atoms with Gasteiger partial charge < -0.3 is 4.90 Å². The molecule has 10 aromatic rings. The van der Waals surface area contributed by atoms with Crippen molar-refractivity contribution < 1.29 is 22.0 Å². The van der Waals surface area contributed by atoms with Crippen molar-refractivity contribution in [1.29, 1.82) is 0 Å². The van der Waals surface area contributed by atoms with Crippen LogP contribution in [0.5, 0.6) is 0 Å². The van der Waals surface area contributed by atoms with Gasteiger partial charge in [-0.3, -0.25) is 0 Å². The second kappa shape index (κ2) is 11.1. The van der Waals surface area contributed by atoms with E-state index in [4.69, 9.17) is 0 Å². The lowest BCUT2D eigenvalue weighted by Crippen LogP contribution is -2.30. The van der Waals surface area contributed by atoms with E-state index in [0.29, 0.717) is 11.3 Å². The normalized spacial score (nSPS) is 15.5. The molecule has 1 heterocycles. The number of anilines is 2. The van der Waals surface area contributed by atoms with Gasteiger partial charge in [-0.05, 0) is 117 Å². The Morgan fingerprint density at radius 1 is 0.446 bits per heavy atom. The van der Waals surface area contributed by atoms with Crippen LogP contribution in [-0.4, -0.2) is 6.04 Å². The topological polar surface area (TPSA) is 3.24 Å². The van der Waals surface area contributed by atoms with Crippen LogP contribution in [0, 0.1) is 29.1 Å². The molecule has 1 atom stereocenters. The Kier molecular flexibility index (Phi) is 6.28. The van der Waals surface area contributed by atoms with E-state index in [1.807, 2.05) is 24.3 Å². The zero-order valence-electron chi connectivity index (χ0n) is 29.4. The highest BCUT2D eigenvalue weighted by Crippen LogP contribution is 2.53. The lowest BCUT2D eigenvalue weighted by molar-refractivity contribution is 0.379.